The number of carbonyl (C=O) groups is 2. The molecule has 2 amide bonds. The first-order valence-corrected chi connectivity index (χ1v) is 20.4. The number of piperidine rings is 1. The molecule has 3 saturated heterocycles. The molecule has 6 aromatic rings. The second kappa shape index (κ2) is 14.0. The zero-order valence-corrected chi connectivity index (χ0v) is 32.3. The lowest BCUT2D eigenvalue weighted by molar-refractivity contribution is -0.135. The van der Waals surface area contributed by atoms with Crippen molar-refractivity contribution in [2.45, 2.75) is 64.0 Å². The number of likely N-dealkylation sites (tertiary alicyclic amines) is 1. The minimum absolute atomic E-state index is 0.216. The fourth-order valence-corrected chi connectivity index (χ4v) is 10.1. The molecule has 12 heteroatoms. The molecule has 1 spiro atoms. The third kappa shape index (κ3) is 6.30. The second-order valence-corrected chi connectivity index (χ2v) is 16.7. The van der Waals surface area contributed by atoms with E-state index in [1.54, 1.807) is 16.2 Å². The summed E-state index contributed by atoms with van der Waals surface area (Å²) in [7, 11) is 1.77. The second-order valence-electron chi connectivity index (χ2n) is 16.7. The van der Waals surface area contributed by atoms with Gasteiger partial charge < -0.3 is 14.4 Å². The molecule has 0 bridgehead atoms. The van der Waals surface area contributed by atoms with Gasteiger partial charge in [0.25, 0.3) is 0 Å². The number of halogens is 1. The van der Waals surface area contributed by atoms with Gasteiger partial charge in [-0.2, -0.15) is 0 Å². The van der Waals surface area contributed by atoms with Crippen molar-refractivity contribution >= 4 is 28.5 Å². The highest BCUT2D eigenvalue weighted by Crippen LogP contribution is 2.42. The lowest BCUT2D eigenvalue weighted by Crippen LogP contribution is -2.57. The smallest absolute Gasteiger partial charge is 0.329 e. The Morgan fingerprint density at radius 1 is 0.930 bits per heavy atom. The number of imide groups is 1. The molecule has 1 N–H and O–H groups in total. The molecule has 4 aliphatic heterocycles. The summed E-state index contributed by atoms with van der Waals surface area (Å²) in [5.74, 6) is -0.00583. The molecule has 57 heavy (non-hydrogen) atoms. The lowest BCUT2D eigenvalue weighted by Gasteiger charge is -2.48. The average Bonchev–Trinajstić information content (AvgIpc) is 3.99. The van der Waals surface area contributed by atoms with Gasteiger partial charge in [0.05, 0.1) is 22.4 Å². The quantitative estimate of drug-likeness (QED) is 0.127. The van der Waals surface area contributed by atoms with Crippen LogP contribution in [0.5, 0.6) is 0 Å². The number of rotatable bonds is 10. The number of anilines is 1. The van der Waals surface area contributed by atoms with Crippen molar-refractivity contribution in [1.82, 2.24) is 33.5 Å². The summed E-state index contributed by atoms with van der Waals surface area (Å²) in [4.78, 5) is 47.6. The van der Waals surface area contributed by atoms with Crippen molar-refractivity contribution in [2.24, 2.45) is 12.5 Å². The Bertz CT molecular complexity index is 2590. The zero-order valence-electron chi connectivity index (χ0n) is 32.3. The monoisotopic (exact) mass is 766 g/mol. The summed E-state index contributed by atoms with van der Waals surface area (Å²) in [6, 6.07) is 21.0. The highest BCUT2D eigenvalue weighted by molar-refractivity contribution is 6.00. The van der Waals surface area contributed by atoms with E-state index in [1.165, 1.54) is 42.6 Å². The number of aromatic nitrogens is 5. The van der Waals surface area contributed by atoms with Crippen molar-refractivity contribution in [3.8, 4) is 28.3 Å². The topological polar surface area (TPSA) is 102 Å². The van der Waals surface area contributed by atoms with Gasteiger partial charge in [-0.1, -0.05) is 37.1 Å². The van der Waals surface area contributed by atoms with Gasteiger partial charge in [0.1, 0.15) is 11.9 Å². The number of unbranched alkanes of at least 4 members (excludes halogenated alkanes) is 3. The maximum absolute atomic E-state index is 13.7. The van der Waals surface area contributed by atoms with Crippen LogP contribution >= 0.6 is 0 Å². The summed E-state index contributed by atoms with van der Waals surface area (Å²) in [5, 5.41) is 2.39. The van der Waals surface area contributed by atoms with Gasteiger partial charge in [0.2, 0.25) is 11.8 Å². The van der Waals surface area contributed by atoms with Crippen LogP contribution in [0.2, 0.25) is 0 Å². The highest BCUT2D eigenvalue weighted by atomic mass is 19.1. The number of amides is 2. The van der Waals surface area contributed by atoms with E-state index in [1.807, 2.05) is 36.7 Å². The number of carbonyl (C=O) groups excluding carboxylic acids is 2. The molecule has 3 aromatic heterocycles. The van der Waals surface area contributed by atoms with E-state index < -0.39 is 11.9 Å². The van der Waals surface area contributed by atoms with E-state index >= 15 is 0 Å². The van der Waals surface area contributed by atoms with Gasteiger partial charge in [-0.15, -0.1) is 0 Å². The first kappa shape index (κ1) is 35.6. The van der Waals surface area contributed by atoms with Crippen LogP contribution in [0.4, 0.5) is 10.1 Å². The van der Waals surface area contributed by atoms with Crippen molar-refractivity contribution in [3.05, 3.63) is 113 Å². The van der Waals surface area contributed by atoms with E-state index in [0.29, 0.717) is 11.8 Å². The van der Waals surface area contributed by atoms with Crippen molar-refractivity contribution in [3.63, 3.8) is 0 Å². The molecule has 0 radical (unpaired) electrons. The third-order valence-electron chi connectivity index (χ3n) is 12.9. The number of imidazole rings is 2. The summed E-state index contributed by atoms with van der Waals surface area (Å²) in [6.45, 7) is 6.34. The number of aryl methyl sites for hydroxylation is 2. The van der Waals surface area contributed by atoms with Crippen LogP contribution in [0, 0.1) is 11.2 Å². The SMILES string of the molecule is Cn1c(=O)n(C2CCC(=O)NC2=O)c2cccc(CCCCCCN3CC4(CCN(c5ccc6c(c5)Cn5cc(-c7ccc(F)cc7)cc5-c5nccn5-6)C4)C3)c21. The molecule has 1 atom stereocenters. The molecule has 4 aliphatic rings. The van der Waals surface area contributed by atoms with E-state index in [4.69, 9.17) is 4.98 Å². The van der Waals surface area contributed by atoms with E-state index in [0.717, 1.165) is 103 Å². The number of benzene rings is 3. The van der Waals surface area contributed by atoms with Gasteiger partial charge >= 0.3 is 5.69 Å². The summed E-state index contributed by atoms with van der Waals surface area (Å²) < 4.78 is 21.3. The van der Waals surface area contributed by atoms with Gasteiger partial charge in [-0.05, 0) is 97.8 Å². The number of hydrogen-bond donors (Lipinski definition) is 1. The molecule has 292 valence electrons. The maximum Gasteiger partial charge on any atom is 0.329 e. The fourth-order valence-electron chi connectivity index (χ4n) is 10.1. The van der Waals surface area contributed by atoms with Gasteiger partial charge in [0.15, 0.2) is 5.82 Å². The standard InChI is InChI=1S/C45H47FN8O3/c1-49-41-31(8-6-9-37(41)54(44(49)57)38-16-17-40(55)48-43(38)56)7-4-2-3-5-20-50-27-45(28-50)18-21-51(29-45)35-14-15-36-33(23-35)26-52-25-32(30-10-12-34(46)13-11-30)24-39(52)42-47-19-22-53(36)42/h6,8-15,19,22-25,38H,2-5,7,16-18,20-21,26-29H2,1H3,(H,48,55,56). The van der Waals surface area contributed by atoms with Crippen LogP contribution in [0.25, 0.3) is 39.4 Å². The minimum Gasteiger partial charge on any atom is -0.371 e. The molecule has 0 aliphatic carbocycles. The van der Waals surface area contributed by atoms with Crippen LogP contribution in [-0.2, 0) is 29.6 Å². The number of hydrogen-bond acceptors (Lipinski definition) is 6. The maximum atomic E-state index is 13.7. The molecule has 7 heterocycles. The molecule has 11 nitrogen and oxygen atoms in total. The minimum atomic E-state index is -0.664. The van der Waals surface area contributed by atoms with Crippen LogP contribution in [0.1, 0.15) is 62.1 Å². The third-order valence-corrected chi connectivity index (χ3v) is 12.9. The predicted octanol–water partition coefficient (Wildman–Crippen LogP) is 6.45. The number of fused-ring (bicyclic) bond motifs is 6. The van der Waals surface area contributed by atoms with Crippen LogP contribution < -0.4 is 15.9 Å². The Morgan fingerprint density at radius 3 is 2.61 bits per heavy atom. The molecule has 1 unspecified atom stereocenters. The fraction of sp³-hybridized carbons (Fsp3) is 0.378. The molecular formula is C45H47FN8O3. The van der Waals surface area contributed by atoms with Crippen molar-refractivity contribution in [1.29, 1.82) is 0 Å². The predicted molar refractivity (Wildman–Crippen MR) is 218 cm³/mol. The van der Waals surface area contributed by atoms with Crippen LogP contribution in [0.15, 0.2) is 90.1 Å². The molecule has 3 aromatic carbocycles. The summed E-state index contributed by atoms with van der Waals surface area (Å²) in [6.07, 6.45) is 13.3. The zero-order chi connectivity index (χ0) is 38.8. The Hall–Kier alpha value is -5.75. The van der Waals surface area contributed by atoms with Crippen LogP contribution in [0.3, 0.4) is 0 Å². The number of nitrogens with one attached hydrogen (secondary N) is 1. The number of nitrogens with zero attached hydrogens (tertiary/aromatic N) is 7. The molecule has 0 saturated carbocycles. The molecule has 10 rings (SSSR count). The van der Waals surface area contributed by atoms with E-state index in [9.17, 15) is 18.8 Å². The molecule has 3 fully saturated rings. The van der Waals surface area contributed by atoms with Gasteiger partial charge in [-0.3, -0.25) is 28.6 Å². The molecular weight excluding hydrogens is 720 g/mol. The largest absolute Gasteiger partial charge is 0.371 e. The van der Waals surface area contributed by atoms with E-state index in [2.05, 4.69) is 60.8 Å². The lowest BCUT2D eigenvalue weighted by atomic mass is 9.79. The normalized spacial score (nSPS) is 18.7. The van der Waals surface area contributed by atoms with Crippen molar-refractivity contribution in [2.75, 3.05) is 37.6 Å². The van der Waals surface area contributed by atoms with Gasteiger partial charge in [0, 0.05) is 81.4 Å². The Labute approximate surface area is 330 Å². The average molecular weight is 767 g/mol. The summed E-state index contributed by atoms with van der Waals surface area (Å²) >= 11 is 0. The van der Waals surface area contributed by atoms with Gasteiger partial charge in [-0.25, -0.2) is 14.2 Å². The Kier molecular flexibility index (Phi) is 8.77. The summed E-state index contributed by atoms with van der Waals surface area (Å²) in [5.41, 5.74) is 9.71. The Balaban J connectivity index is 0.726. The van der Waals surface area contributed by atoms with E-state index in [-0.39, 0.29) is 23.8 Å². The first-order chi connectivity index (χ1) is 27.7. The van der Waals surface area contributed by atoms with Crippen molar-refractivity contribution < 1.29 is 14.0 Å². The number of para-hydroxylation sites is 1. The van der Waals surface area contributed by atoms with Crippen LogP contribution in [-0.4, -0.2) is 72.7 Å². The first-order valence-electron chi connectivity index (χ1n) is 20.4. The Morgan fingerprint density at radius 2 is 1.77 bits per heavy atom. The highest BCUT2D eigenvalue weighted by Gasteiger charge is 2.47.